The molecule has 3 atom stereocenters. The average Bonchev–Trinajstić information content (AvgIpc) is 3.08. The van der Waals surface area contributed by atoms with Crippen LogP contribution >= 0.6 is 0 Å². The van der Waals surface area contributed by atoms with E-state index < -0.39 is 0 Å². The molecule has 1 aliphatic heterocycles. The quantitative estimate of drug-likeness (QED) is 0.845. The Labute approximate surface area is 115 Å². The molecule has 3 rings (SSSR count). The van der Waals surface area contributed by atoms with Crippen molar-refractivity contribution in [3.8, 4) is 0 Å². The molecule has 0 aromatic rings. The van der Waals surface area contributed by atoms with E-state index in [9.17, 15) is 4.79 Å². The lowest BCUT2D eigenvalue weighted by atomic mass is 9.63. The molecule has 3 unspecified atom stereocenters. The van der Waals surface area contributed by atoms with E-state index in [4.69, 9.17) is 4.74 Å². The number of amides is 1. The molecule has 3 aliphatic rings. The third-order valence-corrected chi connectivity index (χ3v) is 5.48. The summed E-state index contributed by atoms with van der Waals surface area (Å²) < 4.78 is 5.53. The van der Waals surface area contributed by atoms with Crippen molar-refractivity contribution in [3.63, 3.8) is 0 Å². The highest BCUT2D eigenvalue weighted by Gasteiger charge is 2.64. The van der Waals surface area contributed by atoms with Crippen molar-refractivity contribution in [1.82, 2.24) is 10.2 Å². The SMILES string of the molecule is CCCC1NC2(CC2)C(=O)N1C1CC(OC)C1(C)C. The van der Waals surface area contributed by atoms with Gasteiger partial charge in [0.1, 0.15) is 0 Å². The van der Waals surface area contributed by atoms with E-state index >= 15 is 0 Å². The molecule has 0 bridgehead atoms. The average molecular weight is 266 g/mol. The van der Waals surface area contributed by atoms with Crippen LogP contribution < -0.4 is 5.32 Å². The number of nitrogens with zero attached hydrogens (tertiary/aromatic N) is 1. The summed E-state index contributed by atoms with van der Waals surface area (Å²) in [7, 11) is 1.78. The predicted octanol–water partition coefficient (Wildman–Crippen LogP) is 1.89. The van der Waals surface area contributed by atoms with Crippen molar-refractivity contribution in [2.24, 2.45) is 5.41 Å². The minimum Gasteiger partial charge on any atom is -0.381 e. The fraction of sp³-hybridized carbons (Fsp3) is 0.933. The number of hydrogen-bond donors (Lipinski definition) is 1. The van der Waals surface area contributed by atoms with Crippen molar-refractivity contribution >= 4 is 5.91 Å². The summed E-state index contributed by atoms with van der Waals surface area (Å²) in [6.07, 6.45) is 5.70. The summed E-state index contributed by atoms with van der Waals surface area (Å²) in [5.74, 6) is 0.346. The molecule has 2 saturated carbocycles. The molecule has 0 aromatic carbocycles. The molecule has 2 aliphatic carbocycles. The maximum Gasteiger partial charge on any atom is 0.244 e. The number of hydrogen-bond acceptors (Lipinski definition) is 3. The van der Waals surface area contributed by atoms with Crippen LogP contribution in [0.5, 0.6) is 0 Å². The summed E-state index contributed by atoms with van der Waals surface area (Å²) in [6, 6.07) is 0.328. The molecule has 0 aromatic heterocycles. The van der Waals surface area contributed by atoms with Crippen molar-refractivity contribution in [1.29, 1.82) is 0 Å². The van der Waals surface area contributed by atoms with Crippen LogP contribution in [0.2, 0.25) is 0 Å². The van der Waals surface area contributed by atoms with Crippen LogP contribution in [0.25, 0.3) is 0 Å². The number of ether oxygens (including phenoxy) is 1. The number of methoxy groups -OCH3 is 1. The predicted molar refractivity (Wildman–Crippen MR) is 73.6 cm³/mol. The summed E-state index contributed by atoms with van der Waals surface area (Å²) >= 11 is 0. The van der Waals surface area contributed by atoms with Crippen LogP contribution in [0, 0.1) is 5.41 Å². The van der Waals surface area contributed by atoms with E-state index in [0.29, 0.717) is 11.9 Å². The van der Waals surface area contributed by atoms with Gasteiger partial charge in [0.2, 0.25) is 5.91 Å². The largest absolute Gasteiger partial charge is 0.381 e. The molecule has 1 spiro atoms. The summed E-state index contributed by atoms with van der Waals surface area (Å²) in [5.41, 5.74) is -0.118. The van der Waals surface area contributed by atoms with Crippen molar-refractivity contribution < 1.29 is 9.53 Å². The van der Waals surface area contributed by atoms with Crippen LogP contribution in [0.4, 0.5) is 0 Å². The molecular weight excluding hydrogens is 240 g/mol. The van der Waals surface area contributed by atoms with Gasteiger partial charge in [0.15, 0.2) is 0 Å². The van der Waals surface area contributed by atoms with E-state index in [1.807, 2.05) is 0 Å². The lowest BCUT2D eigenvalue weighted by Gasteiger charge is -2.55. The van der Waals surface area contributed by atoms with E-state index in [-0.39, 0.29) is 23.2 Å². The van der Waals surface area contributed by atoms with Gasteiger partial charge in [-0.25, -0.2) is 0 Å². The van der Waals surface area contributed by atoms with Gasteiger partial charge in [-0.1, -0.05) is 27.2 Å². The zero-order valence-electron chi connectivity index (χ0n) is 12.5. The van der Waals surface area contributed by atoms with E-state index in [2.05, 4.69) is 31.0 Å². The first-order chi connectivity index (χ1) is 8.96. The Bertz CT molecular complexity index is 390. The van der Waals surface area contributed by atoms with Gasteiger partial charge >= 0.3 is 0 Å². The molecule has 108 valence electrons. The number of nitrogens with one attached hydrogen (secondary N) is 1. The van der Waals surface area contributed by atoms with E-state index in [1.165, 1.54) is 0 Å². The van der Waals surface area contributed by atoms with Crippen LogP contribution in [0.1, 0.15) is 52.9 Å². The summed E-state index contributed by atoms with van der Waals surface area (Å²) in [6.45, 7) is 6.64. The van der Waals surface area contributed by atoms with Crippen LogP contribution in [0.15, 0.2) is 0 Å². The molecule has 3 fully saturated rings. The lowest BCUT2D eigenvalue weighted by molar-refractivity contribution is -0.163. The Morgan fingerprint density at radius 1 is 1.42 bits per heavy atom. The van der Waals surface area contributed by atoms with Gasteiger partial charge in [0.25, 0.3) is 0 Å². The molecule has 4 heteroatoms. The highest BCUT2D eigenvalue weighted by atomic mass is 16.5. The number of carbonyl (C=O) groups is 1. The topological polar surface area (TPSA) is 41.6 Å². The number of carbonyl (C=O) groups excluding carboxylic acids is 1. The first-order valence-corrected chi connectivity index (χ1v) is 7.59. The third-order valence-electron chi connectivity index (χ3n) is 5.48. The lowest BCUT2D eigenvalue weighted by Crippen LogP contribution is -2.64. The molecule has 0 radical (unpaired) electrons. The van der Waals surface area contributed by atoms with Gasteiger partial charge in [-0.05, 0) is 25.7 Å². The number of rotatable bonds is 4. The standard InChI is InChI=1S/C15H26N2O2/c1-5-6-12-16-15(7-8-15)13(18)17(12)10-9-11(19-4)14(10,2)3/h10-12,16H,5-9H2,1-4H3. The molecule has 1 amide bonds. The zero-order chi connectivity index (χ0) is 13.8. The van der Waals surface area contributed by atoms with Crippen LogP contribution in [-0.4, -0.2) is 41.8 Å². The zero-order valence-corrected chi connectivity index (χ0v) is 12.5. The fourth-order valence-electron chi connectivity index (χ4n) is 3.90. The Hall–Kier alpha value is -0.610. The van der Waals surface area contributed by atoms with Gasteiger partial charge in [-0.3, -0.25) is 10.1 Å². The van der Waals surface area contributed by atoms with Gasteiger partial charge in [0.05, 0.1) is 17.8 Å². The molecule has 1 heterocycles. The molecule has 4 nitrogen and oxygen atoms in total. The molecular formula is C15H26N2O2. The van der Waals surface area contributed by atoms with E-state index in [1.54, 1.807) is 7.11 Å². The summed E-state index contributed by atoms with van der Waals surface area (Å²) in [5, 5.41) is 3.60. The van der Waals surface area contributed by atoms with Gasteiger partial charge in [-0.15, -0.1) is 0 Å². The molecule has 19 heavy (non-hydrogen) atoms. The van der Waals surface area contributed by atoms with Crippen molar-refractivity contribution in [2.75, 3.05) is 7.11 Å². The normalized spacial score (nSPS) is 38.6. The Balaban J connectivity index is 1.80. The van der Waals surface area contributed by atoms with Crippen LogP contribution in [-0.2, 0) is 9.53 Å². The summed E-state index contributed by atoms with van der Waals surface area (Å²) in [4.78, 5) is 14.9. The first-order valence-electron chi connectivity index (χ1n) is 7.59. The van der Waals surface area contributed by atoms with Gasteiger partial charge in [-0.2, -0.15) is 0 Å². The second-order valence-corrected chi connectivity index (χ2v) is 7.04. The third kappa shape index (κ3) is 1.76. The van der Waals surface area contributed by atoms with E-state index in [0.717, 1.165) is 32.1 Å². The van der Waals surface area contributed by atoms with Crippen LogP contribution in [0.3, 0.4) is 0 Å². The Kier molecular flexibility index (Phi) is 2.95. The maximum atomic E-state index is 12.7. The van der Waals surface area contributed by atoms with Gasteiger partial charge < -0.3 is 9.64 Å². The minimum atomic E-state index is -0.186. The van der Waals surface area contributed by atoms with Crippen molar-refractivity contribution in [3.05, 3.63) is 0 Å². The van der Waals surface area contributed by atoms with Crippen molar-refractivity contribution in [2.45, 2.75) is 76.7 Å². The second kappa shape index (κ2) is 4.19. The Morgan fingerprint density at radius 3 is 2.58 bits per heavy atom. The smallest absolute Gasteiger partial charge is 0.244 e. The maximum absolute atomic E-state index is 12.7. The highest BCUT2D eigenvalue weighted by Crippen LogP contribution is 2.51. The monoisotopic (exact) mass is 266 g/mol. The fourth-order valence-corrected chi connectivity index (χ4v) is 3.90. The second-order valence-electron chi connectivity index (χ2n) is 7.04. The van der Waals surface area contributed by atoms with Gasteiger partial charge in [0, 0.05) is 18.6 Å². The first kappa shape index (κ1) is 13.4. The molecule has 1 N–H and O–H groups in total. The minimum absolute atomic E-state index is 0.0680. The molecule has 1 saturated heterocycles. The Morgan fingerprint density at radius 2 is 2.11 bits per heavy atom. The highest BCUT2D eigenvalue weighted by molar-refractivity contribution is 5.92.